The number of nitrogens with one attached hydrogen (secondary N) is 2. The molecule has 9 nitrogen and oxygen atoms in total. The summed E-state index contributed by atoms with van der Waals surface area (Å²) in [6.07, 6.45) is 1.37. The molecule has 0 saturated carbocycles. The second-order valence-corrected chi connectivity index (χ2v) is 10.2. The van der Waals surface area contributed by atoms with E-state index in [2.05, 4.69) is 27.6 Å². The molecule has 4 N–H and O–H groups in total. The number of ether oxygens (including phenoxy) is 1. The molecule has 0 aromatic heterocycles. The van der Waals surface area contributed by atoms with Crippen molar-refractivity contribution < 1.29 is 23.1 Å². The maximum absolute atomic E-state index is 14.0. The number of hydrogen-bond donors (Lipinski definition) is 3. The third kappa shape index (κ3) is 7.77. The monoisotopic (exact) mass is 556 g/mol. The molecule has 1 unspecified atom stereocenters. The summed E-state index contributed by atoms with van der Waals surface area (Å²) in [7, 11) is 2.11. The largest absolute Gasteiger partial charge is 0.479 e. The molecular weight excluding hydrogens is 518 g/mol. The Kier molecular flexibility index (Phi) is 10.1. The summed E-state index contributed by atoms with van der Waals surface area (Å²) in [4.78, 5) is 26.0. The number of amides is 2. The summed E-state index contributed by atoms with van der Waals surface area (Å²) >= 11 is 0. The number of piperidine rings is 1. The third-order valence-electron chi connectivity index (χ3n) is 7.24. The molecule has 0 bridgehead atoms. The molecule has 2 aromatic rings. The molecule has 2 aliphatic rings. The Morgan fingerprint density at radius 2 is 1.88 bits per heavy atom. The van der Waals surface area contributed by atoms with Gasteiger partial charge in [-0.3, -0.25) is 10.2 Å². The first kappa shape index (κ1) is 29.4. The zero-order valence-corrected chi connectivity index (χ0v) is 23.2. The van der Waals surface area contributed by atoms with Gasteiger partial charge in [-0.1, -0.05) is 31.2 Å². The summed E-state index contributed by atoms with van der Waals surface area (Å²) in [6, 6.07) is 11.7. The van der Waals surface area contributed by atoms with E-state index in [1.54, 1.807) is 12.0 Å². The van der Waals surface area contributed by atoms with Gasteiger partial charge in [0.1, 0.15) is 11.9 Å². The number of aliphatic imine (C=N–C) groups is 1. The SMILES string of the molecule is CCN1C[C@@H](NC(=O)NC(=Nc2ccccc2)C(C)=C(N)OCC2CCN(C)CC2)C(c2ccc(F)c(F)c2)O1. The zero-order chi connectivity index (χ0) is 28.6. The molecule has 11 heteroatoms. The summed E-state index contributed by atoms with van der Waals surface area (Å²) in [6.45, 7) is 7.08. The highest BCUT2D eigenvalue weighted by atomic mass is 19.2. The fourth-order valence-electron chi connectivity index (χ4n) is 4.71. The van der Waals surface area contributed by atoms with Crippen LogP contribution in [0.4, 0.5) is 19.3 Å². The van der Waals surface area contributed by atoms with Crippen LogP contribution in [0.25, 0.3) is 0 Å². The predicted octanol–water partition coefficient (Wildman–Crippen LogP) is 4.22. The number of amidine groups is 1. The van der Waals surface area contributed by atoms with Gasteiger partial charge in [-0.25, -0.2) is 18.6 Å². The standard InChI is InChI=1S/C29H38F2N6O3/c1-4-37-17-25(26(40-37)21-10-11-23(30)24(31)16-21)34-29(38)35-28(33-22-8-6-5-7-9-22)19(2)27(32)39-18-20-12-14-36(3)15-13-20/h5-11,16,20,25-26H,4,12-15,17-18,32H2,1-3H3,(H2,33,34,35,38)/t25-,26?/m1/s1. The van der Waals surface area contributed by atoms with Gasteiger partial charge in [0.05, 0.1) is 23.9 Å². The lowest BCUT2D eigenvalue weighted by Crippen LogP contribution is -2.47. The number of hydroxylamine groups is 2. The third-order valence-corrected chi connectivity index (χ3v) is 7.24. The van der Waals surface area contributed by atoms with Crippen molar-refractivity contribution in [3.8, 4) is 0 Å². The summed E-state index contributed by atoms with van der Waals surface area (Å²) < 4.78 is 33.4. The van der Waals surface area contributed by atoms with Crippen LogP contribution in [0.5, 0.6) is 0 Å². The van der Waals surface area contributed by atoms with Crippen molar-refractivity contribution in [1.82, 2.24) is 20.6 Å². The van der Waals surface area contributed by atoms with Crippen LogP contribution in [0.3, 0.4) is 0 Å². The molecule has 2 atom stereocenters. The number of nitrogens with two attached hydrogens (primary N) is 1. The van der Waals surface area contributed by atoms with E-state index in [0.29, 0.717) is 42.4 Å². The maximum Gasteiger partial charge on any atom is 0.320 e. The van der Waals surface area contributed by atoms with E-state index < -0.39 is 29.8 Å². The van der Waals surface area contributed by atoms with Crippen LogP contribution in [0, 0.1) is 17.6 Å². The minimum atomic E-state index is -0.979. The molecule has 0 spiro atoms. The normalized spacial score (nSPS) is 21.7. The first-order chi connectivity index (χ1) is 19.2. The van der Waals surface area contributed by atoms with Crippen LogP contribution in [0.2, 0.25) is 0 Å². The molecule has 0 radical (unpaired) electrons. The molecule has 2 saturated heterocycles. The number of benzene rings is 2. The minimum Gasteiger partial charge on any atom is -0.479 e. The Labute approximate surface area is 234 Å². The fraction of sp³-hybridized carbons (Fsp3) is 0.448. The van der Waals surface area contributed by atoms with Gasteiger partial charge in [-0.2, -0.15) is 5.06 Å². The van der Waals surface area contributed by atoms with Gasteiger partial charge in [0, 0.05) is 13.1 Å². The van der Waals surface area contributed by atoms with Crippen molar-refractivity contribution in [2.45, 2.75) is 38.8 Å². The van der Waals surface area contributed by atoms with Gasteiger partial charge < -0.3 is 20.7 Å². The number of carbonyl (C=O) groups is 1. The minimum absolute atomic E-state index is 0.190. The number of likely N-dealkylation sites (N-methyl/N-ethyl adjacent to an activating group) is 1. The molecular formula is C29H38F2N6O3. The Bertz CT molecular complexity index is 1220. The van der Waals surface area contributed by atoms with E-state index in [9.17, 15) is 13.6 Å². The smallest absolute Gasteiger partial charge is 0.320 e. The molecule has 0 aliphatic carbocycles. The summed E-state index contributed by atoms with van der Waals surface area (Å²) in [5, 5.41) is 7.37. The number of para-hydroxylation sites is 1. The van der Waals surface area contributed by atoms with E-state index in [4.69, 9.17) is 15.3 Å². The quantitative estimate of drug-likeness (QED) is 0.256. The van der Waals surface area contributed by atoms with Crippen LogP contribution in [-0.4, -0.2) is 67.7 Å². The Hall–Kier alpha value is -3.54. The van der Waals surface area contributed by atoms with Crippen molar-refractivity contribution in [2.75, 3.05) is 39.8 Å². The van der Waals surface area contributed by atoms with Crippen LogP contribution in [-0.2, 0) is 9.57 Å². The second kappa shape index (κ2) is 13.7. The number of urea groups is 1. The maximum atomic E-state index is 14.0. The van der Waals surface area contributed by atoms with Gasteiger partial charge >= 0.3 is 6.03 Å². The van der Waals surface area contributed by atoms with Crippen molar-refractivity contribution >= 4 is 17.6 Å². The Morgan fingerprint density at radius 1 is 1.15 bits per heavy atom. The number of likely N-dealkylation sites (tertiary alicyclic amines) is 1. The van der Waals surface area contributed by atoms with E-state index in [-0.39, 0.29) is 11.7 Å². The molecule has 216 valence electrons. The summed E-state index contributed by atoms with van der Waals surface area (Å²) in [5.74, 6) is -1.09. The highest BCUT2D eigenvalue weighted by molar-refractivity contribution is 6.08. The van der Waals surface area contributed by atoms with E-state index in [0.717, 1.165) is 38.1 Å². The molecule has 2 fully saturated rings. The lowest BCUT2D eigenvalue weighted by atomic mass is 9.98. The van der Waals surface area contributed by atoms with Gasteiger partial charge in [0.2, 0.25) is 0 Å². The molecule has 2 aromatic carbocycles. The Balaban J connectivity index is 1.49. The van der Waals surface area contributed by atoms with Gasteiger partial charge in [0.15, 0.2) is 17.5 Å². The fourth-order valence-corrected chi connectivity index (χ4v) is 4.71. The van der Waals surface area contributed by atoms with Crippen LogP contribution in [0.15, 0.2) is 65.0 Å². The van der Waals surface area contributed by atoms with Gasteiger partial charge in [-0.05, 0) is 75.6 Å². The first-order valence-corrected chi connectivity index (χ1v) is 13.6. The highest BCUT2D eigenvalue weighted by Gasteiger charge is 2.36. The van der Waals surface area contributed by atoms with E-state index in [1.807, 2.05) is 37.3 Å². The van der Waals surface area contributed by atoms with Gasteiger partial charge in [0.25, 0.3) is 0 Å². The topological polar surface area (TPSA) is 104 Å². The van der Waals surface area contributed by atoms with Crippen LogP contribution in [0.1, 0.15) is 38.4 Å². The lowest BCUT2D eigenvalue weighted by molar-refractivity contribution is -0.144. The Morgan fingerprint density at radius 3 is 2.55 bits per heavy atom. The molecule has 40 heavy (non-hydrogen) atoms. The average Bonchev–Trinajstić information content (AvgIpc) is 3.36. The van der Waals surface area contributed by atoms with Crippen molar-refractivity contribution in [1.29, 1.82) is 0 Å². The lowest BCUT2D eigenvalue weighted by Gasteiger charge is -2.28. The average molecular weight is 557 g/mol. The zero-order valence-electron chi connectivity index (χ0n) is 23.2. The first-order valence-electron chi connectivity index (χ1n) is 13.6. The number of nitrogens with zero attached hydrogens (tertiary/aromatic N) is 3. The number of halogens is 2. The highest BCUT2D eigenvalue weighted by Crippen LogP contribution is 2.30. The van der Waals surface area contributed by atoms with Crippen LogP contribution < -0.4 is 16.4 Å². The molecule has 2 aliphatic heterocycles. The van der Waals surface area contributed by atoms with E-state index >= 15 is 0 Å². The van der Waals surface area contributed by atoms with Gasteiger partial charge in [-0.15, -0.1) is 0 Å². The van der Waals surface area contributed by atoms with E-state index in [1.165, 1.54) is 6.07 Å². The molecule has 2 heterocycles. The summed E-state index contributed by atoms with van der Waals surface area (Å²) in [5.41, 5.74) is 7.85. The number of hydrogen-bond acceptors (Lipinski definition) is 7. The van der Waals surface area contributed by atoms with Crippen molar-refractivity contribution in [2.24, 2.45) is 16.6 Å². The number of carbonyl (C=O) groups excluding carboxylic acids is 1. The second-order valence-electron chi connectivity index (χ2n) is 10.2. The van der Waals surface area contributed by atoms with Crippen molar-refractivity contribution in [3.05, 3.63) is 77.2 Å². The predicted molar refractivity (Wildman–Crippen MR) is 149 cm³/mol. The van der Waals surface area contributed by atoms with Crippen LogP contribution >= 0.6 is 0 Å². The number of rotatable bonds is 8. The molecule has 2 amide bonds. The van der Waals surface area contributed by atoms with Crippen molar-refractivity contribution in [3.63, 3.8) is 0 Å². The molecule has 4 rings (SSSR count).